The van der Waals surface area contributed by atoms with E-state index in [0.29, 0.717) is 11.1 Å². The van der Waals surface area contributed by atoms with Gasteiger partial charge in [-0.1, -0.05) is 17.2 Å². The van der Waals surface area contributed by atoms with E-state index in [1.54, 1.807) is 0 Å². The second-order valence-electron chi connectivity index (χ2n) is 3.54. The zero-order chi connectivity index (χ0) is 13.5. The Kier molecular flexibility index (Phi) is 5.13. The molecular formula is C11H13N3O4. The highest BCUT2D eigenvalue weighted by atomic mass is 16.5. The third-order valence-electron chi connectivity index (χ3n) is 2.37. The van der Waals surface area contributed by atoms with Crippen molar-refractivity contribution in [2.45, 2.75) is 12.2 Å². The second-order valence-corrected chi connectivity index (χ2v) is 3.54. The van der Waals surface area contributed by atoms with E-state index in [2.05, 4.69) is 14.8 Å². The van der Waals surface area contributed by atoms with Gasteiger partial charge in [-0.15, -0.1) is 0 Å². The van der Waals surface area contributed by atoms with Crippen LogP contribution in [0.1, 0.15) is 22.0 Å². The summed E-state index contributed by atoms with van der Waals surface area (Å²) >= 11 is 0. The molecular weight excluding hydrogens is 238 g/mol. The highest BCUT2D eigenvalue weighted by Gasteiger charge is 2.17. The fraction of sp³-hybridized carbons (Fsp3) is 0.364. The Bertz CT molecular complexity index is 454. The van der Waals surface area contributed by atoms with Crippen LogP contribution in [-0.4, -0.2) is 35.9 Å². The van der Waals surface area contributed by atoms with E-state index in [9.17, 15) is 15.0 Å². The SMILES string of the molecule is COC(=O)c1ccc(C(O)C(O)CN=[N+]=[N-])cc1. The van der Waals surface area contributed by atoms with Crippen molar-refractivity contribution < 1.29 is 19.7 Å². The minimum Gasteiger partial charge on any atom is -0.465 e. The molecule has 2 unspecified atom stereocenters. The van der Waals surface area contributed by atoms with Crippen molar-refractivity contribution in [2.75, 3.05) is 13.7 Å². The van der Waals surface area contributed by atoms with Crippen LogP contribution in [0.3, 0.4) is 0 Å². The van der Waals surface area contributed by atoms with Crippen LogP contribution < -0.4 is 0 Å². The van der Waals surface area contributed by atoms with Crippen LogP contribution in [0.25, 0.3) is 10.4 Å². The predicted octanol–water partition coefficient (Wildman–Crippen LogP) is 1.18. The first-order chi connectivity index (χ1) is 8.60. The number of carbonyl (C=O) groups excluding carboxylic acids is 1. The van der Waals surface area contributed by atoms with Crippen molar-refractivity contribution in [3.05, 3.63) is 45.8 Å². The van der Waals surface area contributed by atoms with Crippen LogP contribution in [0.2, 0.25) is 0 Å². The number of benzene rings is 1. The molecule has 0 aliphatic rings. The van der Waals surface area contributed by atoms with Crippen molar-refractivity contribution in [1.29, 1.82) is 0 Å². The number of carbonyl (C=O) groups is 1. The first kappa shape index (κ1) is 14.0. The molecule has 0 spiro atoms. The van der Waals surface area contributed by atoms with Gasteiger partial charge in [-0.2, -0.15) is 0 Å². The number of esters is 1. The van der Waals surface area contributed by atoms with Crippen molar-refractivity contribution in [1.82, 2.24) is 0 Å². The lowest BCUT2D eigenvalue weighted by Gasteiger charge is -2.16. The fourth-order valence-corrected chi connectivity index (χ4v) is 1.38. The molecule has 2 N–H and O–H groups in total. The zero-order valence-electron chi connectivity index (χ0n) is 9.72. The number of azide groups is 1. The fourth-order valence-electron chi connectivity index (χ4n) is 1.38. The Balaban J connectivity index is 2.78. The number of nitrogens with zero attached hydrogens (tertiary/aromatic N) is 3. The van der Waals surface area contributed by atoms with Crippen LogP contribution in [0.15, 0.2) is 29.4 Å². The summed E-state index contributed by atoms with van der Waals surface area (Å²) in [5.41, 5.74) is 8.87. The second kappa shape index (κ2) is 6.61. The highest BCUT2D eigenvalue weighted by molar-refractivity contribution is 5.89. The Hall–Kier alpha value is -2.08. The van der Waals surface area contributed by atoms with E-state index < -0.39 is 18.2 Å². The van der Waals surface area contributed by atoms with Crippen LogP contribution >= 0.6 is 0 Å². The Morgan fingerprint density at radius 2 is 2.06 bits per heavy atom. The maximum atomic E-state index is 11.2. The third-order valence-corrected chi connectivity index (χ3v) is 2.37. The van der Waals surface area contributed by atoms with E-state index in [1.807, 2.05) is 0 Å². The van der Waals surface area contributed by atoms with Gasteiger partial charge in [0.25, 0.3) is 0 Å². The molecule has 0 radical (unpaired) electrons. The molecule has 0 saturated heterocycles. The smallest absolute Gasteiger partial charge is 0.337 e. The van der Waals surface area contributed by atoms with Gasteiger partial charge in [0.1, 0.15) is 6.10 Å². The van der Waals surface area contributed by atoms with Gasteiger partial charge in [0.05, 0.1) is 25.3 Å². The number of methoxy groups -OCH3 is 1. The molecule has 0 bridgehead atoms. The van der Waals surface area contributed by atoms with Crippen LogP contribution in [-0.2, 0) is 4.74 Å². The summed E-state index contributed by atoms with van der Waals surface area (Å²) in [4.78, 5) is 13.7. The third kappa shape index (κ3) is 3.46. The topological polar surface area (TPSA) is 116 Å². The summed E-state index contributed by atoms with van der Waals surface area (Å²) in [5.74, 6) is -0.481. The molecule has 0 saturated carbocycles. The van der Waals surface area contributed by atoms with Crippen molar-refractivity contribution in [3.63, 3.8) is 0 Å². The molecule has 0 amide bonds. The number of ether oxygens (including phenoxy) is 1. The summed E-state index contributed by atoms with van der Waals surface area (Å²) < 4.78 is 4.53. The lowest BCUT2D eigenvalue weighted by Crippen LogP contribution is -2.21. The molecule has 0 fully saturated rings. The molecule has 1 aromatic carbocycles. The first-order valence-electron chi connectivity index (χ1n) is 5.15. The minimum atomic E-state index is -1.19. The van der Waals surface area contributed by atoms with E-state index in [0.717, 1.165) is 0 Å². The molecule has 7 heteroatoms. The molecule has 0 heterocycles. The normalized spacial score (nSPS) is 13.3. The lowest BCUT2D eigenvalue weighted by molar-refractivity contribution is 0.0244. The van der Waals surface area contributed by atoms with Crippen LogP contribution in [0, 0.1) is 0 Å². The van der Waals surface area contributed by atoms with Gasteiger partial charge in [0.15, 0.2) is 0 Å². The molecule has 1 rings (SSSR count). The molecule has 0 aromatic heterocycles. The van der Waals surface area contributed by atoms with Crippen molar-refractivity contribution in [2.24, 2.45) is 5.11 Å². The number of hydrogen-bond acceptors (Lipinski definition) is 5. The van der Waals surface area contributed by atoms with Gasteiger partial charge >= 0.3 is 5.97 Å². The average Bonchev–Trinajstić information content (AvgIpc) is 2.43. The molecule has 7 nitrogen and oxygen atoms in total. The quantitative estimate of drug-likeness (QED) is 0.353. The standard InChI is InChI=1S/C11H13N3O4/c1-18-11(17)8-4-2-7(3-5-8)10(16)9(15)6-13-14-12/h2-5,9-10,15-16H,6H2,1H3. The Labute approximate surface area is 103 Å². The van der Waals surface area contributed by atoms with Gasteiger partial charge in [-0.05, 0) is 23.2 Å². The van der Waals surface area contributed by atoms with Gasteiger partial charge < -0.3 is 14.9 Å². The number of aliphatic hydroxyl groups excluding tert-OH is 2. The van der Waals surface area contributed by atoms with E-state index in [-0.39, 0.29) is 6.54 Å². The van der Waals surface area contributed by atoms with Gasteiger partial charge in [-0.25, -0.2) is 4.79 Å². The molecule has 96 valence electrons. The zero-order valence-corrected chi connectivity index (χ0v) is 9.72. The summed E-state index contributed by atoms with van der Waals surface area (Å²) in [6.45, 7) is -0.226. The molecule has 2 atom stereocenters. The van der Waals surface area contributed by atoms with Gasteiger partial charge in [-0.3, -0.25) is 0 Å². The maximum Gasteiger partial charge on any atom is 0.337 e. The van der Waals surface area contributed by atoms with Crippen LogP contribution in [0.5, 0.6) is 0 Å². The first-order valence-corrected chi connectivity index (χ1v) is 5.15. The van der Waals surface area contributed by atoms with Crippen molar-refractivity contribution in [3.8, 4) is 0 Å². The minimum absolute atomic E-state index is 0.226. The summed E-state index contributed by atoms with van der Waals surface area (Å²) in [5, 5.41) is 22.4. The van der Waals surface area contributed by atoms with Crippen LogP contribution in [0.4, 0.5) is 0 Å². The van der Waals surface area contributed by atoms with E-state index in [1.165, 1.54) is 31.4 Å². The van der Waals surface area contributed by atoms with Crippen molar-refractivity contribution >= 4 is 5.97 Å². The van der Waals surface area contributed by atoms with E-state index >= 15 is 0 Å². The van der Waals surface area contributed by atoms with E-state index in [4.69, 9.17) is 5.53 Å². The summed E-state index contributed by atoms with van der Waals surface area (Å²) in [6.07, 6.45) is -2.37. The highest BCUT2D eigenvalue weighted by Crippen LogP contribution is 2.18. The molecule has 18 heavy (non-hydrogen) atoms. The Morgan fingerprint density at radius 3 is 2.56 bits per heavy atom. The largest absolute Gasteiger partial charge is 0.465 e. The number of aliphatic hydroxyl groups is 2. The summed E-state index contributed by atoms with van der Waals surface area (Å²) in [6, 6.07) is 5.95. The lowest BCUT2D eigenvalue weighted by atomic mass is 10.0. The van der Waals surface area contributed by atoms with Gasteiger partial charge in [0.2, 0.25) is 0 Å². The monoisotopic (exact) mass is 251 g/mol. The predicted molar refractivity (Wildman–Crippen MR) is 62.8 cm³/mol. The Morgan fingerprint density at radius 1 is 1.44 bits per heavy atom. The molecule has 0 aliphatic heterocycles. The average molecular weight is 251 g/mol. The molecule has 0 aliphatic carbocycles. The number of hydrogen-bond donors (Lipinski definition) is 2. The summed E-state index contributed by atoms with van der Waals surface area (Å²) in [7, 11) is 1.27. The molecule has 1 aromatic rings. The van der Waals surface area contributed by atoms with Gasteiger partial charge in [0, 0.05) is 4.91 Å². The maximum absolute atomic E-state index is 11.2. The number of rotatable bonds is 5.